The topological polar surface area (TPSA) is 35.5 Å². The molecule has 3 nitrogen and oxygen atoms in total. The molecule has 2 aromatic rings. The minimum absolute atomic E-state index is 0.361. The lowest BCUT2D eigenvalue weighted by atomic mass is 10.2. The molecular formula is C14H11ClO3. The van der Waals surface area contributed by atoms with E-state index >= 15 is 0 Å². The molecule has 92 valence electrons. The second kappa shape index (κ2) is 5.56. The molecule has 0 aromatic heterocycles. The van der Waals surface area contributed by atoms with Crippen LogP contribution in [-0.4, -0.2) is 13.1 Å². The number of carbonyl (C=O) groups is 1. The Hall–Kier alpha value is -2.00. The smallest absolute Gasteiger partial charge is 0.341 e. The van der Waals surface area contributed by atoms with Crippen molar-refractivity contribution in [3.63, 3.8) is 0 Å². The van der Waals surface area contributed by atoms with Crippen molar-refractivity contribution in [2.75, 3.05) is 7.11 Å². The van der Waals surface area contributed by atoms with E-state index < -0.39 is 5.97 Å². The monoisotopic (exact) mass is 262 g/mol. The number of ether oxygens (including phenoxy) is 2. The first-order chi connectivity index (χ1) is 8.72. The number of halogens is 1. The van der Waals surface area contributed by atoms with Gasteiger partial charge in [-0.25, -0.2) is 4.79 Å². The van der Waals surface area contributed by atoms with Crippen LogP contribution in [0.15, 0.2) is 48.5 Å². The maximum Gasteiger partial charge on any atom is 0.341 e. The van der Waals surface area contributed by atoms with Crippen LogP contribution < -0.4 is 4.74 Å². The van der Waals surface area contributed by atoms with Gasteiger partial charge in [-0.15, -0.1) is 0 Å². The Kier molecular flexibility index (Phi) is 3.85. The summed E-state index contributed by atoms with van der Waals surface area (Å²) in [5.41, 5.74) is 0.361. The Morgan fingerprint density at radius 2 is 1.61 bits per heavy atom. The molecule has 0 aliphatic rings. The number of esters is 1. The molecule has 2 aromatic carbocycles. The van der Waals surface area contributed by atoms with E-state index in [-0.39, 0.29) is 0 Å². The molecule has 0 saturated heterocycles. The van der Waals surface area contributed by atoms with Crippen LogP contribution >= 0.6 is 11.6 Å². The van der Waals surface area contributed by atoms with Crippen LogP contribution in [0.2, 0.25) is 5.02 Å². The van der Waals surface area contributed by atoms with Gasteiger partial charge < -0.3 is 9.47 Å². The third-order valence-corrected chi connectivity index (χ3v) is 2.66. The average Bonchev–Trinajstić information content (AvgIpc) is 2.41. The minimum atomic E-state index is -0.447. The van der Waals surface area contributed by atoms with Gasteiger partial charge in [0.25, 0.3) is 0 Å². The Balaban J connectivity index is 2.35. The standard InChI is InChI=1S/C14H11ClO3/c1-17-14(16)10-6-2-4-8-12(10)18-13-9-5-3-7-11(13)15/h2-9H,1H3. The Labute approximate surface area is 110 Å². The first-order valence-corrected chi connectivity index (χ1v) is 5.70. The third-order valence-electron chi connectivity index (χ3n) is 2.35. The quantitative estimate of drug-likeness (QED) is 0.787. The summed E-state index contributed by atoms with van der Waals surface area (Å²) in [5, 5.41) is 0.483. The van der Waals surface area contributed by atoms with Gasteiger partial charge in [0.2, 0.25) is 0 Å². The number of hydrogen-bond acceptors (Lipinski definition) is 3. The zero-order valence-corrected chi connectivity index (χ0v) is 10.5. The maximum absolute atomic E-state index is 11.6. The van der Waals surface area contributed by atoms with Crippen molar-refractivity contribution in [1.82, 2.24) is 0 Å². The fourth-order valence-corrected chi connectivity index (χ4v) is 1.65. The van der Waals surface area contributed by atoms with Gasteiger partial charge in [-0.3, -0.25) is 0 Å². The molecule has 0 bridgehead atoms. The van der Waals surface area contributed by atoms with Crippen LogP contribution in [0.4, 0.5) is 0 Å². The van der Waals surface area contributed by atoms with E-state index in [9.17, 15) is 4.79 Å². The second-order valence-corrected chi connectivity index (χ2v) is 3.93. The van der Waals surface area contributed by atoms with Gasteiger partial charge in [0.05, 0.1) is 12.1 Å². The van der Waals surface area contributed by atoms with Gasteiger partial charge in [0, 0.05) is 0 Å². The molecule has 0 N–H and O–H groups in total. The van der Waals surface area contributed by atoms with Crippen LogP contribution in [0.3, 0.4) is 0 Å². The van der Waals surface area contributed by atoms with Crippen LogP contribution in [0, 0.1) is 0 Å². The predicted molar refractivity (Wildman–Crippen MR) is 69.3 cm³/mol. The van der Waals surface area contributed by atoms with Crippen molar-refractivity contribution in [1.29, 1.82) is 0 Å². The van der Waals surface area contributed by atoms with Gasteiger partial charge in [-0.2, -0.15) is 0 Å². The van der Waals surface area contributed by atoms with Crippen molar-refractivity contribution in [2.24, 2.45) is 0 Å². The summed E-state index contributed by atoms with van der Waals surface area (Å²) in [6, 6.07) is 13.9. The van der Waals surface area contributed by atoms with E-state index in [0.29, 0.717) is 22.1 Å². The van der Waals surface area contributed by atoms with E-state index in [1.54, 1.807) is 42.5 Å². The number of methoxy groups -OCH3 is 1. The lowest BCUT2D eigenvalue weighted by molar-refractivity contribution is 0.0598. The molecule has 0 heterocycles. The zero-order chi connectivity index (χ0) is 13.0. The number of rotatable bonds is 3. The summed E-state index contributed by atoms with van der Waals surface area (Å²) in [4.78, 5) is 11.6. The molecule has 0 radical (unpaired) electrons. The van der Waals surface area contributed by atoms with Crippen LogP contribution in [0.5, 0.6) is 11.5 Å². The lowest BCUT2D eigenvalue weighted by Crippen LogP contribution is -2.03. The van der Waals surface area contributed by atoms with Crippen LogP contribution in [0.1, 0.15) is 10.4 Å². The lowest BCUT2D eigenvalue weighted by Gasteiger charge is -2.10. The SMILES string of the molecule is COC(=O)c1ccccc1Oc1ccccc1Cl. The second-order valence-electron chi connectivity index (χ2n) is 3.52. The van der Waals surface area contributed by atoms with Crippen LogP contribution in [0.25, 0.3) is 0 Å². The van der Waals surface area contributed by atoms with E-state index in [1.807, 2.05) is 6.07 Å². The largest absolute Gasteiger partial charge is 0.465 e. The van der Waals surface area contributed by atoms with Gasteiger partial charge in [-0.05, 0) is 24.3 Å². The fourth-order valence-electron chi connectivity index (χ4n) is 1.48. The highest BCUT2D eigenvalue weighted by Crippen LogP contribution is 2.30. The first-order valence-electron chi connectivity index (χ1n) is 5.32. The summed E-state index contributed by atoms with van der Waals surface area (Å²) < 4.78 is 10.3. The molecular weight excluding hydrogens is 252 g/mol. The molecule has 0 amide bonds. The van der Waals surface area contributed by atoms with Crippen LogP contribution in [-0.2, 0) is 4.74 Å². The number of hydrogen-bond donors (Lipinski definition) is 0. The van der Waals surface area contributed by atoms with Gasteiger partial charge in [0.15, 0.2) is 0 Å². The first kappa shape index (κ1) is 12.5. The van der Waals surface area contributed by atoms with Crippen molar-refractivity contribution in [3.8, 4) is 11.5 Å². The highest BCUT2D eigenvalue weighted by molar-refractivity contribution is 6.32. The normalized spacial score (nSPS) is 9.89. The highest BCUT2D eigenvalue weighted by atomic mass is 35.5. The highest BCUT2D eigenvalue weighted by Gasteiger charge is 2.13. The van der Waals surface area contributed by atoms with Gasteiger partial charge >= 0.3 is 5.97 Å². The molecule has 18 heavy (non-hydrogen) atoms. The summed E-state index contributed by atoms with van der Waals surface area (Å²) in [6.07, 6.45) is 0. The molecule has 0 spiro atoms. The summed E-state index contributed by atoms with van der Waals surface area (Å²) >= 11 is 6.00. The molecule has 0 aliphatic carbocycles. The number of benzene rings is 2. The Morgan fingerprint density at radius 3 is 2.28 bits per heavy atom. The molecule has 0 unspecified atom stereocenters. The van der Waals surface area contributed by atoms with Crippen molar-refractivity contribution in [2.45, 2.75) is 0 Å². The number of carbonyl (C=O) groups excluding carboxylic acids is 1. The molecule has 2 rings (SSSR count). The molecule has 0 aliphatic heterocycles. The predicted octanol–water partition coefficient (Wildman–Crippen LogP) is 3.92. The Morgan fingerprint density at radius 1 is 1.00 bits per heavy atom. The molecule has 0 fully saturated rings. The Bertz CT molecular complexity index is 566. The maximum atomic E-state index is 11.6. The van der Waals surface area contributed by atoms with E-state index in [4.69, 9.17) is 21.1 Å². The van der Waals surface area contributed by atoms with Crippen molar-refractivity contribution >= 4 is 17.6 Å². The summed E-state index contributed by atoms with van der Waals surface area (Å²) in [5.74, 6) is 0.464. The average molecular weight is 263 g/mol. The van der Waals surface area contributed by atoms with Crippen molar-refractivity contribution in [3.05, 3.63) is 59.1 Å². The zero-order valence-electron chi connectivity index (χ0n) is 9.72. The van der Waals surface area contributed by atoms with E-state index in [0.717, 1.165) is 0 Å². The number of para-hydroxylation sites is 2. The summed E-state index contributed by atoms with van der Waals surface area (Å²) in [6.45, 7) is 0. The van der Waals surface area contributed by atoms with E-state index in [1.165, 1.54) is 7.11 Å². The third kappa shape index (κ3) is 2.63. The van der Waals surface area contributed by atoms with Gasteiger partial charge in [0.1, 0.15) is 17.1 Å². The fraction of sp³-hybridized carbons (Fsp3) is 0.0714. The minimum Gasteiger partial charge on any atom is -0.465 e. The van der Waals surface area contributed by atoms with Gasteiger partial charge in [-0.1, -0.05) is 35.9 Å². The van der Waals surface area contributed by atoms with Crippen molar-refractivity contribution < 1.29 is 14.3 Å². The molecule has 0 saturated carbocycles. The summed E-state index contributed by atoms with van der Waals surface area (Å²) in [7, 11) is 1.33. The van der Waals surface area contributed by atoms with E-state index in [2.05, 4.69) is 0 Å². The molecule has 4 heteroatoms. The molecule has 0 atom stereocenters.